The predicted molar refractivity (Wildman–Crippen MR) is 126 cm³/mol. The number of ether oxygens (including phenoxy) is 2. The van der Waals surface area contributed by atoms with Crippen LogP contribution in [0.5, 0.6) is 5.75 Å². The normalized spacial score (nSPS) is 19.0. The van der Waals surface area contributed by atoms with Crippen molar-refractivity contribution in [3.63, 3.8) is 0 Å². The molecule has 0 aromatic heterocycles. The molecule has 186 valence electrons. The van der Waals surface area contributed by atoms with Gasteiger partial charge in [0.25, 0.3) is 11.8 Å². The van der Waals surface area contributed by atoms with Gasteiger partial charge in [-0.1, -0.05) is 19.1 Å². The average molecular weight is 484 g/mol. The molecule has 2 aromatic rings. The van der Waals surface area contributed by atoms with Crippen LogP contribution < -0.4 is 10.1 Å². The molecule has 2 aromatic carbocycles. The Morgan fingerprint density at radius 3 is 2.43 bits per heavy atom. The van der Waals surface area contributed by atoms with Gasteiger partial charge < -0.3 is 19.7 Å². The summed E-state index contributed by atoms with van der Waals surface area (Å²) >= 11 is 0. The lowest BCUT2D eigenvalue weighted by molar-refractivity contribution is -0.128. The number of hydrogen-bond donors (Lipinski definition) is 1. The molecular weight excluding hydrogens is 453 g/mol. The van der Waals surface area contributed by atoms with Crippen molar-refractivity contribution in [3.8, 4) is 5.75 Å². The average Bonchev–Trinajstić information content (AvgIpc) is 3.25. The zero-order valence-electron chi connectivity index (χ0n) is 20.0. The van der Waals surface area contributed by atoms with E-state index in [9.17, 15) is 18.8 Å². The summed E-state index contributed by atoms with van der Waals surface area (Å²) in [6.07, 6.45) is 1.44. The highest BCUT2D eigenvalue weighted by Crippen LogP contribution is 2.39. The number of piperidine rings is 1. The van der Waals surface area contributed by atoms with Crippen LogP contribution in [0.1, 0.15) is 46.9 Å². The summed E-state index contributed by atoms with van der Waals surface area (Å²) in [5, 5.41) is 2.87. The molecule has 2 aliphatic heterocycles. The van der Waals surface area contributed by atoms with E-state index >= 15 is 0 Å². The molecule has 35 heavy (non-hydrogen) atoms. The maximum absolute atomic E-state index is 13.7. The molecule has 2 fully saturated rings. The summed E-state index contributed by atoms with van der Waals surface area (Å²) in [5.74, 6) is -0.812. The minimum atomic E-state index is -1.02. The van der Waals surface area contributed by atoms with E-state index < -0.39 is 17.6 Å². The number of hydrogen-bond acceptors (Lipinski definition) is 5. The van der Waals surface area contributed by atoms with Gasteiger partial charge in [-0.25, -0.2) is 4.39 Å². The van der Waals surface area contributed by atoms with Crippen LogP contribution in [0, 0.1) is 5.82 Å². The van der Waals surface area contributed by atoms with Gasteiger partial charge in [-0.05, 0) is 42.8 Å². The third-order valence-electron chi connectivity index (χ3n) is 6.55. The lowest BCUT2D eigenvalue weighted by Crippen LogP contribution is -2.59. The summed E-state index contributed by atoms with van der Waals surface area (Å²) in [4.78, 5) is 42.8. The Morgan fingerprint density at radius 1 is 1.09 bits per heavy atom. The van der Waals surface area contributed by atoms with Crippen molar-refractivity contribution in [1.82, 2.24) is 15.1 Å². The number of carbonyl (C=O) groups is 3. The maximum Gasteiger partial charge on any atom is 0.257 e. The molecule has 3 amide bonds. The second-order valence-electron chi connectivity index (χ2n) is 8.77. The van der Waals surface area contributed by atoms with E-state index in [0.29, 0.717) is 43.8 Å². The van der Waals surface area contributed by atoms with Crippen molar-refractivity contribution in [2.75, 3.05) is 33.4 Å². The minimum absolute atomic E-state index is 0.0725. The van der Waals surface area contributed by atoms with Crippen LogP contribution in [0.2, 0.25) is 0 Å². The van der Waals surface area contributed by atoms with Crippen LogP contribution in [-0.4, -0.2) is 72.6 Å². The van der Waals surface area contributed by atoms with Crippen LogP contribution in [0.3, 0.4) is 0 Å². The lowest BCUT2D eigenvalue weighted by Gasteiger charge is -2.44. The Bertz CT molecular complexity index is 1100. The number of halogens is 1. The summed E-state index contributed by atoms with van der Waals surface area (Å²) in [6.45, 7) is 3.14. The van der Waals surface area contributed by atoms with E-state index in [-0.39, 0.29) is 29.9 Å². The third kappa shape index (κ3) is 5.00. The smallest absolute Gasteiger partial charge is 0.257 e. The van der Waals surface area contributed by atoms with E-state index in [1.165, 1.54) is 30.2 Å². The number of benzene rings is 2. The molecule has 8 nitrogen and oxygen atoms in total. The highest BCUT2D eigenvalue weighted by atomic mass is 19.1. The van der Waals surface area contributed by atoms with Gasteiger partial charge in [0.05, 0.1) is 13.7 Å². The molecule has 0 saturated carbocycles. The van der Waals surface area contributed by atoms with E-state index in [1.54, 1.807) is 35.2 Å². The predicted octanol–water partition coefficient (Wildman–Crippen LogP) is 2.83. The summed E-state index contributed by atoms with van der Waals surface area (Å²) in [6, 6.07) is 11.6. The molecule has 9 heteroatoms. The molecule has 2 saturated heterocycles. The van der Waals surface area contributed by atoms with Crippen LogP contribution in [-0.2, 0) is 9.53 Å². The monoisotopic (exact) mass is 483 g/mol. The minimum Gasteiger partial charge on any atom is -0.497 e. The largest absolute Gasteiger partial charge is 0.497 e. The second-order valence-corrected chi connectivity index (χ2v) is 8.77. The number of methoxy groups -OCH3 is 1. The molecule has 1 spiro atoms. The molecule has 2 aliphatic rings. The molecule has 0 bridgehead atoms. The van der Waals surface area contributed by atoms with E-state index in [1.807, 2.05) is 6.92 Å². The lowest BCUT2D eigenvalue weighted by atomic mass is 9.96. The van der Waals surface area contributed by atoms with Gasteiger partial charge in [0.15, 0.2) is 0 Å². The van der Waals surface area contributed by atoms with Crippen molar-refractivity contribution in [2.24, 2.45) is 0 Å². The molecule has 1 unspecified atom stereocenters. The molecule has 1 atom stereocenters. The van der Waals surface area contributed by atoms with Crippen molar-refractivity contribution < 1.29 is 28.2 Å². The van der Waals surface area contributed by atoms with Crippen molar-refractivity contribution in [2.45, 2.75) is 38.0 Å². The first-order valence-corrected chi connectivity index (χ1v) is 11.8. The van der Waals surface area contributed by atoms with Gasteiger partial charge in [0.1, 0.15) is 23.3 Å². The maximum atomic E-state index is 13.7. The Labute approximate surface area is 204 Å². The first-order valence-electron chi connectivity index (χ1n) is 11.8. The molecule has 1 N–H and O–H groups in total. The molecule has 0 radical (unpaired) electrons. The van der Waals surface area contributed by atoms with Crippen LogP contribution >= 0.6 is 0 Å². The van der Waals surface area contributed by atoms with Crippen LogP contribution in [0.15, 0.2) is 48.5 Å². The molecule has 2 heterocycles. The van der Waals surface area contributed by atoms with Crippen molar-refractivity contribution in [1.29, 1.82) is 0 Å². The van der Waals surface area contributed by atoms with Gasteiger partial charge >= 0.3 is 0 Å². The summed E-state index contributed by atoms with van der Waals surface area (Å²) < 4.78 is 25.1. The quantitative estimate of drug-likeness (QED) is 0.683. The van der Waals surface area contributed by atoms with Crippen LogP contribution in [0.25, 0.3) is 0 Å². The number of nitrogens with zero attached hydrogens (tertiary/aromatic N) is 2. The summed E-state index contributed by atoms with van der Waals surface area (Å²) in [7, 11) is 1.52. The van der Waals surface area contributed by atoms with Gasteiger partial charge in [-0.2, -0.15) is 0 Å². The Hall–Kier alpha value is -3.46. The first-order chi connectivity index (χ1) is 16.9. The van der Waals surface area contributed by atoms with Crippen LogP contribution in [0.4, 0.5) is 4.39 Å². The molecule has 4 rings (SSSR count). The zero-order valence-corrected chi connectivity index (χ0v) is 20.0. The fraction of sp³-hybridized carbons (Fsp3) is 0.423. The second kappa shape index (κ2) is 10.4. The molecule has 0 aliphatic carbocycles. The fourth-order valence-electron chi connectivity index (χ4n) is 4.69. The topological polar surface area (TPSA) is 88.2 Å². The number of carbonyl (C=O) groups excluding carboxylic acids is 3. The van der Waals surface area contributed by atoms with E-state index in [0.717, 1.165) is 6.42 Å². The standard InChI is InChI=1S/C26H30FN3O5/c1-3-12-28-23(31)22-17-35-26(30(22)25(33)19-7-5-9-21(16-19)34-2)10-13-29(14-11-26)24(32)18-6-4-8-20(27)15-18/h4-9,15-16,22H,3,10-14,17H2,1-2H3,(H,28,31). The number of nitrogens with one attached hydrogen (secondary N) is 1. The Morgan fingerprint density at radius 2 is 1.77 bits per heavy atom. The highest BCUT2D eigenvalue weighted by molar-refractivity contribution is 5.99. The highest BCUT2D eigenvalue weighted by Gasteiger charge is 2.54. The van der Waals surface area contributed by atoms with Crippen molar-refractivity contribution >= 4 is 17.7 Å². The van der Waals surface area contributed by atoms with Crippen molar-refractivity contribution in [3.05, 3.63) is 65.5 Å². The Balaban J connectivity index is 1.58. The van der Waals surface area contributed by atoms with Gasteiger partial charge in [-0.15, -0.1) is 0 Å². The van der Waals surface area contributed by atoms with Gasteiger partial charge in [0, 0.05) is 43.6 Å². The first kappa shape index (κ1) is 24.7. The fourth-order valence-corrected chi connectivity index (χ4v) is 4.69. The van der Waals surface area contributed by atoms with Gasteiger partial charge in [0.2, 0.25) is 5.91 Å². The molecular formula is C26H30FN3O5. The number of amides is 3. The SMILES string of the molecule is CCCNC(=O)C1COC2(CCN(C(=O)c3cccc(F)c3)CC2)N1C(=O)c1cccc(OC)c1. The van der Waals surface area contributed by atoms with E-state index in [2.05, 4.69) is 5.32 Å². The summed E-state index contributed by atoms with van der Waals surface area (Å²) in [5.41, 5.74) is -0.359. The van der Waals surface area contributed by atoms with Gasteiger partial charge in [-0.3, -0.25) is 19.3 Å². The number of likely N-dealkylation sites (tertiary alicyclic amines) is 1. The van der Waals surface area contributed by atoms with E-state index in [4.69, 9.17) is 9.47 Å². The number of rotatable bonds is 6. The Kier molecular flexibility index (Phi) is 7.35. The zero-order chi connectivity index (χ0) is 25.0. The third-order valence-corrected chi connectivity index (χ3v) is 6.55.